The quantitative estimate of drug-likeness (QED) is 0.743. The summed E-state index contributed by atoms with van der Waals surface area (Å²) in [6.07, 6.45) is 1.50. The van der Waals surface area contributed by atoms with Crippen LogP contribution in [0, 0.1) is 11.7 Å². The van der Waals surface area contributed by atoms with E-state index in [1.807, 2.05) is 6.92 Å². The second kappa shape index (κ2) is 7.07. The summed E-state index contributed by atoms with van der Waals surface area (Å²) in [6, 6.07) is 4.16. The number of anilines is 1. The van der Waals surface area contributed by atoms with E-state index < -0.39 is 17.3 Å². The molecule has 1 fully saturated rings. The molecule has 0 aliphatic heterocycles. The first kappa shape index (κ1) is 18.7. The summed E-state index contributed by atoms with van der Waals surface area (Å²) in [6.45, 7) is 7.90. The lowest BCUT2D eigenvalue weighted by Gasteiger charge is -2.24. The molecule has 1 aliphatic carbocycles. The van der Waals surface area contributed by atoms with Crippen molar-refractivity contribution in [2.75, 3.05) is 11.9 Å². The summed E-state index contributed by atoms with van der Waals surface area (Å²) in [5.41, 5.74) is -0.269. The molecule has 1 aromatic carbocycles. The van der Waals surface area contributed by atoms with Crippen LogP contribution in [0.15, 0.2) is 18.2 Å². The lowest BCUT2D eigenvalue weighted by molar-refractivity contribution is 0.0367. The van der Waals surface area contributed by atoms with E-state index in [0.29, 0.717) is 30.3 Å². The highest BCUT2D eigenvalue weighted by Gasteiger charge is 2.39. The number of carbonyl (C=O) groups excluding carboxylic acids is 1. The molecule has 3 N–H and O–H groups in total. The maximum Gasteiger partial charge on any atom is 0.412 e. The molecule has 1 amide bonds. The minimum atomic E-state index is -0.758. The summed E-state index contributed by atoms with van der Waals surface area (Å²) >= 11 is 0. The molecular weight excluding hydrogens is 311 g/mol. The monoisotopic (exact) mass is 338 g/mol. The number of carbonyl (C=O) groups is 1. The SMILES string of the molecule is CC(C)(C)OC(=O)Nc1ccc(F)cc1CNCC(C)(O)C1CC1. The summed E-state index contributed by atoms with van der Waals surface area (Å²) in [4.78, 5) is 11.9. The van der Waals surface area contributed by atoms with E-state index in [1.54, 1.807) is 20.8 Å². The molecule has 0 heterocycles. The van der Waals surface area contributed by atoms with Crippen LogP contribution in [0.2, 0.25) is 0 Å². The molecule has 5 nitrogen and oxygen atoms in total. The van der Waals surface area contributed by atoms with Gasteiger partial charge in [0.15, 0.2) is 0 Å². The van der Waals surface area contributed by atoms with E-state index in [2.05, 4.69) is 10.6 Å². The molecule has 0 aromatic heterocycles. The number of ether oxygens (including phenoxy) is 1. The van der Waals surface area contributed by atoms with Crippen molar-refractivity contribution in [3.05, 3.63) is 29.6 Å². The van der Waals surface area contributed by atoms with Gasteiger partial charge in [-0.2, -0.15) is 0 Å². The number of benzene rings is 1. The lowest BCUT2D eigenvalue weighted by Crippen LogP contribution is -2.39. The summed E-state index contributed by atoms with van der Waals surface area (Å²) in [5, 5.41) is 16.1. The van der Waals surface area contributed by atoms with E-state index in [1.165, 1.54) is 18.2 Å². The van der Waals surface area contributed by atoms with Crippen molar-refractivity contribution in [1.29, 1.82) is 0 Å². The highest BCUT2D eigenvalue weighted by molar-refractivity contribution is 5.85. The smallest absolute Gasteiger partial charge is 0.412 e. The predicted molar refractivity (Wildman–Crippen MR) is 91.3 cm³/mol. The van der Waals surface area contributed by atoms with Gasteiger partial charge in [0, 0.05) is 18.8 Å². The second-order valence-electron chi connectivity index (χ2n) is 7.66. The van der Waals surface area contributed by atoms with Gasteiger partial charge in [-0.3, -0.25) is 5.32 Å². The Hall–Kier alpha value is -1.66. The molecule has 1 aliphatic rings. The highest BCUT2D eigenvalue weighted by Crippen LogP contribution is 2.39. The zero-order valence-corrected chi connectivity index (χ0v) is 14.8. The lowest BCUT2D eigenvalue weighted by atomic mass is 10.0. The third-order valence-corrected chi connectivity index (χ3v) is 3.96. The topological polar surface area (TPSA) is 70.6 Å². The Kier molecular flexibility index (Phi) is 5.50. The fourth-order valence-electron chi connectivity index (χ4n) is 2.54. The van der Waals surface area contributed by atoms with E-state index in [0.717, 1.165) is 12.8 Å². The van der Waals surface area contributed by atoms with Crippen molar-refractivity contribution in [3.8, 4) is 0 Å². The third kappa shape index (κ3) is 5.76. The molecule has 24 heavy (non-hydrogen) atoms. The molecule has 134 valence electrons. The summed E-state index contributed by atoms with van der Waals surface area (Å²) in [5.74, 6) is -0.0487. The average Bonchev–Trinajstić information content (AvgIpc) is 3.24. The molecule has 2 rings (SSSR count). The molecule has 1 atom stereocenters. The van der Waals surface area contributed by atoms with Gasteiger partial charge in [-0.15, -0.1) is 0 Å². The Morgan fingerprint density at radius 3 is 2.58 bits per heavy atom. The van der Waals surface area contributed by atoms with Gasteiger partial charge in [0.25, 0.3) is 0 Å². The van der Waals surface area contributed by atoms with Gasteiger partial charge in [0.1, 0.15) is 11.4 Å². The van der Waals surface area contributed by atoms with Crippen LogP contribution in [0.25, 0.3) is 0 Å². The molecule has 0 saturated heterocycles. The summed E-state index contributed by atoms with van der Waals surface area (Å²) < 4.78 is 18.8. The Morgan fingerprint density at radius 1 is 1.33 bits per heavy atom. The van der Waals surface area contributed by atoms with Gasteiger partial charge in [0.2, 0.25) is 0 Å². The van der Waals surface area contributed by atoms with Gasteiger partial charge < -0.3 is 15.2 Å². The van der Waals surface area contributed by atoms with E-state index >= 15 is 0 Å². The van der Waals surface area contributed by atoms with Crippen molar-refractivity contribution in [2.24, 2.45) is 5.92 Å². The van der Waals surface area contributed by atoms with Crippen LogP contribution in [0.1, 0.15) is 46.1 Å². The minimum Gasteiger partial charge on any atom is -0.444 e. The molecule has 0 bridgehead atoms. The van der Waals surface area contributed by atoms with Crippen molar-refractivity contribution in [3.63, 3.8) is 0 Å². The normalized spacial score (nSPS) is 17.2. The Morgan fingerprint density at radius 2 is 2.00 bits per heavy atom. The Bertz CT molecular complexity index is 592. The number of amides is 1. The third-order valence-electron chi connectivity index (χ3n) is 3.96. The molecule has 1 aromatic rings. The van der Waals surface area contributed by atoms with Gasteiger partial charge in [-0.05, 0) is 70.2 Å². The van der Waals surface area contributed by atoms with Gasteiger partial charge in [0.05, 0.1) is 5.60 Å². The molecule has 6 heteroatoms. The molecule has 1 unspecified atom stereocenters. The minimum absolute atomic E-state index is 0.330. The summed E-state index contributed by atoms with van der Waals surface area (Å²) in [7, 11) is 0. The van der Waals surface area contributed by atoms with Crippen LogP contribution in [0.5, 0.6) is 0 Å². The van der Waals surface area contributed by atoms with Crippen LogP contribution >= 0.6 is 0 Å². The molecule has 1 saturated carbocycles. The number of hydrogen-bond acceptors (Lipinski definition) is 4. The molecule has 0 spiro atoms. The number of aliphatic hydroxyl groups is 1. The fraction of sp³-hybridized carbons (Fsp3) is 0.611. The highest BCUT2D eigenvalue weighted by atomic mass is 19.1. The van der Waals surface area contributed by atoms with Crippen molar-refractivity contribution in [1.82, 2.24) is 5.32 Å². The number of nitrogens with one attached hydrogen (secondary N) is 2. The van der Waals surface area contributed by atoms with Crippen LogP contribution in [-0.2, 0) is 11.3 Å². The first-order chi connectivity index (χ1) is 11.1. The van der Waals surface area contributed by atoms with Gasteiger partial charge >= 0.3 is 6.09 Å². The van der Waals surface area contributed by atoms with E-state index in [9.17, 15) is 14.3 Å². The predicted octanol–water partition coefficient (Wildman–Crippen LogP) is 3.42. The average molecular weight is 338 g/mol. The fourth-order valence-corrected chi connectivity index (χ4v) is 2.54. The zero-order valence-electron chi connectivity index (χ0n) is 14.8. The number of rotatable bonds is 6. The van der Waals surface area contributed by atoms with Crippen LogP contribution < -0.4 is 10.6 Å². The molecular formula is C18H27FN2O3. The van der Waals surface area contributed by atoms with Crippen LogP contribution in [0.3, 0.4) is 0 Å². The van der Waals surface area contributed by atoms with Crippen molar-refractivity contribution < 1.29 is 19.0 Å². The molecule has 0 radical (unpaired) electrons. The maximum absolute atomic E-state index is 13.5. The van der Waals surface area contributed by atoms with Gasteiger partial charge in [-0.1, -0.05) is 0 Å². The van der Waals surface area contributed by atoms with Crippen molar-refractivity contribution >= 4 is 11.8 Å². The van der Waals surface area contributed by atoms with Crippen molar-refractivity contribution in [2.45, 2.75) is 58.3 Å². The maximum atomic E-state index is 13.5. The number of hydrogen-bond donors (Lipinski definition) is 3. The Labute approximate surface area is 142 Å². The standard InChI is InChI=1S/C18H27FN2O3/c1-17(2,3)24-16(22)21-15-8-7-14(19)9-12(15)10-20-11-18(4,23)13-5-6-13/h7-9,13,20,23H,5-6,10-11H2,1-4H3,(H,21,22). The van der Waals surface area contributed by atoms with Crippen LogP contribution in [-0.4, -0.2) is 28.9 Å². The number of halogens is 1. The largest absolute Gasteiger partial charge is 0.444 e. The first-order valence-electron chi connectivity index (χ1n) is 8.28. The Balaban J connectivity index is 1.97. The van der Waals surface area contributed by atoms with Crippen LogP contribution in [0.4, 0.5) is 14.9 Å². The first-order valence-corrected chi connectivity index (χ1v) is 8.28. The zero-order chi connectivity index (χ0) is 18.0. The second-order valence-corrected chi connectivity index (χ2v) is 7.66. The van der Waals surface area contributed by atoms with E-state index in [-0.39, 0.29) is 5.82 Å². The van der Waals surface area contributed by atoms with E-state index in [4.69, 9.17) is 4.74 Å². The van der Waals surface area contributed by atoms with Gasteiger partial charge in [-0.25, -0.2) is 9.18 Å².